The molecule has 5 nitrogen and oxygen atoms in total. The minimum Gasteiger partial charge on any atom is -0.425 e. The van der Waals surface area contributed by atoms with Crippen molar-refractivity contribution in [2.75, 3.05) is 6.54 Å². The van der Waals surface area contributed by atoms with Gasteiger partial charge in [-0.25, -0.2) is 0 Å². The number of carbonyl (C=O) groups is 2. The number of nitrogens with zero attached hydrogens (tertiary/aromatic N) is 1. The molecule has 0 unspecified atom stereocenters. The molecule has 0 aliphatic heterocycles. The van der Waals surface area contributed by atoms with E-state index in [-0.39, 0.29) is 18.2 Å². The van der Waals surface area contributed by atoms with Crippen LogP contribution in [-0.4, -0.2) is 23.3 Å². The summed E-state index contributed by atoms with van der Waals surface area (Å²) in [4.78, 5) is 26.7. The summed E-state index contributed by atoms with van der Waals surface area (Å²) in [6.07, 6.45) is 0. The Morgan fingerprint density at radius 1 is 0.750 bits per heavy atom. The van der Waals surface area contributed by atoms with Gasteiger partial charge in [-0.15, -0.1) is 0 Å². The van der Waals surface area contributed by atoms with E-state index in [2.05, 4.69) is 0 Å². The van der Waals surface area contributed by atoms with Gasteiger partial charge in [0.2, 0.25) is 0 Å². The maximum Gasteiger partial charge on any atom is 0.325 e. The molecule has 3 rings (SSSR count). The standard InChI is InChI=1S/C23H22N2O3/c24-15-22(26)28-21-14-8-7-13-20(21)23(27)25(16-18-9-3-1-4-10-18)17-19-11-5-2-6-12-19/h1-14H,15-17,24H2. The monoisotopic (exact) mass is 374 g/mol. The SMILES string of the molecule is NCC(=O)Oc1ccccc1C(=O)N(Cc1ccccc1)Cc1ccccc1. The average Bonchev–Trinajstić information content (AvgIpc) is 2.74. The van der Waals surface area contributed by atoms with Crippen LogP contribution in [0.1, 0.15) is 21.5 Å². The third-order valence-electron chi connectivity index (χ3n) is 4.23. The second-order valence-electron chi connectivity index (χ2n) is 6.31. The molecule has 5 heteroatoms. The van der Waals surface area contributed by atoms with Crippen LogP contribution >= 0.6 is 0 Å². The number of benzene rings is 3. The Kier molecular flexibility index (Phi) is 6.54. The normalized spacial score (nSPS) is 10.3. The van der Waals surface area contributed by atoms with Gasteiger partial charge in [0.1, 0.15) is 5.75 Å². The number of nitrogens with two attached hydrogens (primary N) is 1. The van der Waals surface area contributed by atoms with Crippen molar-refractivity contribution in [2.45, 2.75) is 13.1 Å². The van der Waals surface area contributed by atoms with Crippen LogP contribution < -0.4 is 10.5 Å². The lowest BCUT2D eigenvalue weighted by atomic mass is 10.1. The van der Waals surface area contributed by atoms with Crippen LogP contribution in [0.4, 0.5) is 0 Å². The smallest absolute Gasteiger partial charge is 0.325 e. The van der Waals surface area contributed by atoms with Gasteiger partial charge in [-0.1, -0.05) is 72.8 Å². The number of ether oxygens (including phenoxy) is 1. The molecule has 0 aliphatic carbocycles. The van der Waals surface area contributed by atoms with E-state index in [0.29, 0.717) is 18.7 Å². The lowest BCUT2D eigenvalue weighted by molar-refractivity contribution is -0.132. The molecule has 0 aromatic heterocycles. The molecule has 1 amide bonds. The predicted octanol–water partition coefficient (Wildman–Crippen LogP) is 3.39. The van der Waals surface area contributed by atoms with Crippen LogP contribution in [0.2, 0.25) is 0 Å². The molecular formula is C23H22N2O3. The number of para-hydroxylation sites is 1. The molecule has 142 valence electrons. The van der Waals surface area contributed by atoms with Crippen LogP contribution in [0, 0.1) is 0 Å². The van der Waals surface area contributed by atoms with Crippen LogP contribution in [0.5, 0.6) is 5.75 Å². The Morgan fingerprint density at radius 2 is 1.25 bits per heavy atom. The van der Waals surface area contributed by atoms with E-state index in [9.17, 15) is 9.59 Å². The Hall–Kier alpha value is -3.44. The molecule has 3 aromatic rings. The van der Waals surface area contributed by atoms with Gasteiger partial charge in [-0.3, -0.25) is 9.59 Å². The van der Waals surface area contributed by atoms with Crippen molar-refractivity contribution in [1.82, 2.24) is 4.90 Å². The third kappa shape index (κ3) is 5.05. The summed E-state index contributed by atoms with van der Waals surface area (Å²) in [7, 11) is 0. The van der Waals surface area contributed by atoms with Crippen molar-refractivity contribution in [3.05, 3.63) is 102 Å². The second-order valence-corrected chi connectivity index (χ2v) is 6.31. The number of carbonyl (C=O) groups excluding carboxylic acids is 2. The van der Waals surface area contributed by atoms with Crippen molar-refractivity contribution in [2.24, 2.45) is 5.73 Å². The predicted molar refractivity (Wildman–Crippen MR) is 108 cm³/mol. The molecule has 0 bridgehead atoms. The summed E-state index contributed by atoms with van der Waals surface area (Å²) in [5.74, 6) is -0.583. The fourth-order valence-electron chi connectivity index (χ4n) is 2.87. The van der Waals surface area contributed by atoms with Gasteiger partial charge >= 0.3 is 5.97 Å². The topological polar surface area (TPSA) is 72.6 Å². The van der Waals surface area contributed by atoms with Gasteiger partial charge in [0.25, 0.3) is 5.91 Å². The molecule has 0 spiro atoms. The van der Waals surface area contributed by atoms with Crippen molar-refractivity contribution in [3.8, 4) is 5.75 Å². The quantitative estimate of drug-likeness (QED) is 0.508. The zero-order valence-electron chi connectivity index (χ0n) is 15.5. The number of amides is 1. The zero-order chi connectivity index (χ0) is 19.8. The minimum atomic E-state index is -0.585. The van der Waals surface area contributed by atoms with E-state index in [1.54, 1.807) is 29.2 Å². The number of esters is 1. The number of hydrogen-bond acceptors (Lipinski definition) is 4. The summed E-state index contributed by atoms with van der Waals surface area (Å²) in [5, 5.41) is 0. The molecule has 0 saturated carbocycles. The number of rotatable bonds is 7. The first-order valence-corrected chi connectivity index (χ1v) is 9.04. The van der Waals surface area contributed by atoms with Crippen molar-refractivity contribution < 1.29 is 14.3 Å². The Bertz CT molecular complexity index is 885. The van der Waals surface area contributed by atoms with Crippen molar-refractivity contribution in [1.29, 1.82) is 0 Å². The van der Waals surface area contributed by atoms with E-state index in [0.717, 1.165) is 11.1 Å². The van der Waals surface area contributed by atoms with Gasteiger partial charge in [0, 0.05) is 13.1 Å². The number of hydrogen-bond donors (Lipinski definition) is 1. The molecule has 0 fully saturated rings. The van der Waals surface area contributed by atoms with Crippen molar-refractivity contribution in [3.63, 3.8) is 0 Å². The van der Waals surface area contributed by atoms with E-state index in [1.807, 2.05) is 60.7 Å². The molecular weight excluding hydrogens is 352 g/mol. The van der Waals surface area contributed by atoms with Crippen LogP contribution in [0.15, 0.2) is 84.9 Å². The summed E-state index contributed by atoms with van der Waals surface area (Å²) in [6.45, 7) is 0.627. The van der Waals surface area contributed by atoms with Crippen LogP contribution in [0.3, 0.4) is 0 Å². The minimum absolute atomic E-state index is 0.215. The van der Waals surface area contributed by atoms with Crippen LogP contribution in [0.25, 0.3) is 0 Å². The molecule has 0 atom stereocenters. The molecule has 0 saturated heterocycles. The van der Waals surface area contributed by atoms with Gasteiger partial charge in [-0.05, 0) is 23.3 Å². The lowest BCUT2D eigenvalue weighted by Crippen LogP contribution is -2.31. The van der Waals surface area contributed by atoms with Gasteiger partial charge in [-0.2, -0.15) is 0 Å². The van der Waals surface area contributed by atoms with Gasteiger partial charge in [0.15, 0.2) is 0 Å². The van der Waals surface area contributed by atoms with Gasteiger partial charge in [0.05, 0.1) is 12.1 Å². The average molecular weight is 374 g/mol. The molecule has 0 radical (unpaired) electrons. The first-order valence-electron chi connectivity index (χ1n) is 9.04. The maximum absolute atomic E-state index is 13.3. The van der Waals surface area contributed by atoms with E-state index in [4.69, 9.17) is 10.5 Å². The fraction of sp³-hybridized carbons (Fsp3) is 0.130. The first kappa shape index (κ1) is 19.3. The molecule has 0 heterocycles. The Balaban J connectivity index is 1.91. The Morgan fingerprint density at radius 3 is 1.79 bits per heavy atom. The summed E-state index contributed by atoms with van der Waals surface area (Å²) in [5.41, 5.74) is 7.70. The first-order chi connectivity index (χ1) is 13.7. The molecule has 28 heavy (non-hydrogen) atoms. The summed E-state index contributed by atoms with van der Waals surface area (Å²) < 4.78 is 5.25. The van der Waals surface area contributed by atoms with E-state index in [1.165, 1.54) is 0 Å². The highest BCUT2D eigenvalue weighted by atomic mass is 16.5. The third-order valence-corrected chi connectivity index (χ3v) is 4.23. The maximum atomic E-state index is 13.3. The molecule has 3 aromatic carbocycles. The summed E-state index contributed by atoms with van der Waals surface area (Å²) in [6, 6.07) is 26.3. The highest BCUT2D eigenvalue weighted by Crippen LogP contribution is 2.22. The highest BCUT2D eigenvalue weighted by Gasteiger charge is 2.21. The van der Waals surface area contributed by atoms with E-state index >= 15 is 0 Å². The Labute approximate surface area is 164 Å². The van der Waals surface area contributed by atoms with Crippen molar-refractivity contribution >= 4 is 11.9 Å². The lowest BCUT2D eigenvalue weighted by Gasteiger charge is -2.24. The molecule has 0 aliphatic rings. The van der Waals surface area contributed by atoms with Crippen LogP contribution in [-0.2, 0) is 17.9 Å². The zero-order valence-corrected chi connectivity index (χ0v) is 15.5. The largest absolute Gasteiger partial charge is 0.425 e. The molecule has 2 N–H and O–H groups in total. The highest BCUT2D eigenvalue weighted by molar-refractivity contribution is 5.97. The fourth-order valence-corrected chi connectivity index (χ4v) is 2.87. The van der Waals surface area contributed by atoms with E-state index < -0.39 is 5.97 Å². The summed E-state index contributed by atoms with van der Waals surface area (Å²) >= 11 is 0. The second kappa shape index (κ2) is 9.48. The van der Waals surface area contributed by atoms with Gasteiger partial charge < -0.3 is 15.4 Å².